The molecule has 1 aromatic heterocycles. The molecular weight excluding hydrogens is 611 g/mol. The number of anilines is 1. The molecule has 12 nitrogen and oxygen atoms in total. The molecule has 0 aliphatic carbocycles. The molecule has 0 spiro atoms. The fourth-order valence-electron chi connectivity index (χ4n) is 5.34. The van der Waals surface area contributed by atoms with Crippen molar-refractivity contribution >= 4 is 50.7 Å². The average Bonchev–Trinajstić information content (AvgIpc) is 3.41. The highest BCUT2D eigenvalue weighted by molar-refractivity contribution is 7.59. The van der Waals surface area contributed by atoms with Crippen molar-refractivity contribution in [2.45, 2.75) is 98.2 Å². The first-order chi connectivity index (χ1) is 19.4. The van der Waals surface area contributed by atoms with Crippen LogP contribution in [0.15, 0.2) is 18.2 Å². The number of aryl methyl sites for hydroxylation is 2. The van der Waals surface area contributed by atoms with Crippen molar-refractivity contribution in [1.82, 2.24) is 19.8 Å². The van der Waals surface area contributed by atoms with Crippen LogP contribution in [0.4, 0.5) is 25.5 Å². The molecule has 2 aliphatic rings. The second-order valence-electron chi connectivity index (χ2n) is 12.9. The zero-order valence-corrected chi connectivity index (χ0v) is 28.4. The quantitative estimate of drug-likeness (QED) is 0.293. The van der Waals surface area contributed by atoms with Gasteiger partial charge in [0.05, 0.1) is 11.5 Å². The summed E-state index contributed by atoms with van der Waals surface area (Å²) in [4.78, 5) is 50.3. The first kappa shape index (κ1) is 37.0. The van der Waals surface area contributed by atoms with Gasteiger partial charge in [-0.1, -0.05) is 12.1 Å². The van der Waals surface area contributed by atoms with E-state index in [0.29, 0.717) is 19.6 Å². The molecule has 4 rings (SSSR count). The minimum absolute atomic E-state index is 0. The molecule has 0 radical (unpaired) electrons. The molecule has 0 N–H and O–H groups in total. The second kappa shape index (κ2) is 13.9. The van der Waals surface area contributed by atoms with Crippen LogP contribution in [0.1, 0.15) is 70.6 Å². The van der Waals surface area contributed by atoms with E-state index in [1.165, 1.54) is 13.0 Å². The summed E-state index contributed by atoms with van der Waals surface area (Å²) in [6.45, 7) is 14.9. The van der Waals surface area contributed by atoms with Gasteiger partial charge in [0.2, 0.25) is 5.82 Å². The highest BCUT2D eigenvalue weighted by Crippen LogP contribution is 2.34. The lowest BCUT2D eigenvalue weighted by Crippen LogP contribution is -2.49. The van der Waals surface area contributed by atoms with Crippen LogP contribution in [-0.4, -0.2) is 73.3 Å². The number of piperazine rings is 1. The maximum absolute atomic E-state index is 15.5. The number of halogens is 1. The lowest BCUT2D eigenvalue weighted by Gasteiger charge is -2.35. The predicted octanol–water partition coefficient (Wildman–Crippen LogP) is 5.50. The Morgan fingerprint density at radius 3 is 2.20 bits per heavy atom. The Hall–Kier alpha value is -3.17. The summed E-state index contributed by atoms with van der Waals surface area (Å²) >= 11 is 0. The number of hydrogen-bond donors (Lipinski definition) is 0. The molecule has 2 bridgehead atoms. The fraction of sp³-hybridized carbons (Fsp3) is 0.586. The summed E-state index contributed by atoms with van der Waals surface area (Å²) in [6, 6.07) is 4.94. The van der Waals surface area contributed by atoms with Crippen molar-refractivity contribution < 1.29 is 28.4 Å². The van der Waals surface area contributed by atoms with Crippen LogP contribution < -0.4 is 4.90 Å². The highest BCUT2D eigenvalue weighted by Gasteiger charge is 2.46. The second-order valence-corrected chi connectivity index (χ2v) is 12.9. The number of carbonyl (C=O) groups is 2. The molecule has 2 amide bonds. The number of likely N-dealkylation sites (tertiary alicyclic amines) is 2. The molecule has 2 aliphatic heterocycles. The molecule has 2 saturated heterocycles. The minimum Gasteiger partial charge on any atom is -0.444 e. The van der Waals surface area contributed by atoms with Crippen LogP contribution in [-0.2, 0) is 22.6 Å². The number of carbonyl (C=O) groups excluding carboxylic acids is 2. The van der Waals surface area contributed by atoms with Crippen molar-refractivity contribution in [1.29, 1.82) is 0 Å². The minimum atomic E-state index is -0.905. The van der Waals surface area contributed by atoms with Crippen LogP contribution in [0.3, 0.4) is 0 Å². The smallest absolute Gasteiger partial charge is 0.416 e. The van der Waals surface area contributed by atoms with Gasteiger partial charge < -0.3 is 14.4 Å². The number of amides is 2. The van der Waals surface area contributed by atoms with Gasteiger partial charge in [-0.15, -0.1) is 0 Å². The topological polar surface area (TPSA) is 131 Å². The number of nitrogens with zero attached hydrogens (tertiary/aromatic N) is 6. The summed E-state index contributed by atoms with van der Waals surface area (Å²) in [7, 11) is 0. The third-order valence-electron chi connectivity index (χ3n) is 7.02. The molecule has 15 heteroatoms. The van der Waals surface area contributed by atoms with Crippen molar-refractivity contribution in [3.05, 3.63) is 56.8 Å². The lowest BCUT2D eigenvalue weighted by molar-refractivity contribution is -0.385. The Balaban J connectivity index is 0.00000337. The Morgan fingerprint density at radius 2 is 1.68 bits per heavy atom. The van der Waals surface area contributed by atoms with Gasteiger partial charge in [-0.2, -0.15) is 27.0 Å². The normalized spacial score (nSPS) is 17.9. The van der Waals surface area contributed by atoms with Crippen molar-refractivity contribution in [2.24, 2.45) is 0 Å². The Morgan fingerprint density at radius 1 is 1.05 bits per heavy atom. The predicted molar refractivity (Wildman–Crippen MR) is 173 cm³/mol. The Bertz CT molecular complexity index is 1400. The Labute approximate surface area is 271 Å². The van der Waals surface area contributed by atoms with E-state index in [1.54, 1.807) is 44.7 Å². The SMILES string of the molecule is Cc1nc(C)c([N+](=O)[O-])c(N(Cc2ccc(CN3C[C@@H]4C[C@H]3CN4C(=O)OC(C)(C)C)cc2F)C(=O)OC(C)(C)C)n1.S.S. The van der Waals surface area contributed by atoms with Crippen molar-refractivity contribution in [3.8, 4) is 0 Å². The summed E-state index contributed by atoms with van der Waals surface area (Å²) in [5.74, 6) is -0.598. The van der Waals surface area contributed by atoms with Gasteiger partial charge in [0, 0.05) is 37.3 Å². The molecule has 2 aromatic rings. The first-order valence-electron chi connectivity index (χ1n) is 13.9. The van der Waals surface area contributed by atoms with E-state index in [2.05, 4.69) is 14.9 Å². The van der Waals surface area contributed by atoms with Gasteiger partial charge in [0.25, 0.3) is 0 Å². The number of ether oxygens (including phenoxy) is 2. The molecule has 0 saturated carbocycles. The molecule has 244 valence electrons. The number of aromatic nitrogens is 2. The average molecular weight is 655 g/mol. The van der Waals surface area contributed by atoms with Crippen LogP contribution in [0, 0.1) is 29.8 Å². The van der Waals surface area contributed by atoms with Crippen LogP contribution in [0.25, 0.3) is 0 Å². The van der Waals surface area contributed by atoms with E-state index < -0.39 is 33.7 Å². The molecule has 0 unspecified atom stereocenters. The summed E-state index contributed by atoms with van der Waals surface area (Å²) in [6.07, 6.45) is -0.371. The molecule has 2 atom stereocenters. The van der Waals surface area contributed by atoms with E-state index in [0.717, 1.165) is 16.9 Å². The monoisotopic (exact) mass is 654 g/mol. The van der Waals surface area contributed by atoms with Gasteiger partial charge in [-0.3, -0.25) is 19.9 Å². The maximum Gasteiger partial charge on any atom is 0.416 e. The lowest BCUT2D eigenvalue weighted by atomic mass is 10.1. The fourth-order valence-corrected chi connectivity index (χ4v) is 5.34. The standard InChI is InChI=1S/C29H39FN6O6.2H2S/c1-17-24(36(39)40)25(32-18(2)31-17)35(27(38)42-29(6,7)8)14-20-10-9-19(11-23(20)30)13-33-15-22-12-21(33)16-34(22)26(37)41-28(3,4)5;;/h9-11,21-22H,12-16H2,1-8H3;2*1H2/t21-,22-;;/m0../s1. The summed E-state index contributed by atoms with van der Waals surface area (Å²) in [5.41, 5.74) is -0.960. The van der Waals surface area contributed by atoms with Gasteiger partial charge in [0.15, 0.2) is 0 Å². The summed E-state index contributed by atoms with van der Waals surface area (Å²) < 4.78 is 26.5. The van der Waals surface area contributed by atoms with Crippen molar-refractivity contribution in [3.63, 3.8) is 0 Å². The number of nitro groups is 1. The van der Waals surface area contributed by atoms with Gasteiger partial charge in [0.1, 0.15) is 28.5 Å². The molecule has 2 fully saturated rings. The van der Waals surface area contributed by atoms with Crippen LogP contribution in [0.5, 0.6) is 0 Å². The number of hydrogen-bond acceptors (Lipinski definition) is 9. The third-order valence-corrected chi connectivity index (χ3v) is 7.02. The van der Waals surface area contributed by atoms with E-state index in [-0.39, 0.29) is 74.6 Å². The van der Waals surface area contributed by atoms with Crippen LogP contribution >= 0.6 is 27.0 Å². The first-order valence-corrected chi connectivity index (χ1v) is 13.9. The zero-order valence-electron chi connectivity index (χ0n) is 26.4. The van der Waals surface area contributed by atoms with E-state index in [1.807, 2.05) is 20.8 Å². The molecular formula is C29H43FN6O6S2. The zero-order chi connectivity index (χ0) is 31.1. The highest BCUT2D eigenvalue weighted by atomic mass is 32.1. The van der Waals surface area contributed by atoms with E-state index in [4.69, 9.17) is 9.47 Å². The number of fused-ring (bicyclic) bond motifs is 2. The van der Waals surface area contributed by atoms with Gasteiger partial charge in [-0.25, -0.2) is 23.9 Å². The summed E-state index contributed by atoms with van der Waals surface area (Å²) in [5, 5.41) is 11.9. The van der Waals surface area contributed by atoms with Gasteiger partial charge in [-0.05, 0) is 73.4 Å². The van der Waals surface area contributed by atoms with Gasteiger partial charge >= 0.3 is 17.9 Å². The maximum atomic E-state index is 15.5. The third kappa shape index (κ3) is 8.72. The number of benzene rings is 1. The number of rotatable bonds is 6. The van der Waals surface area contributed by atoms with Crippen LogP contribution in [0.2, 0.25) is 0 Å². The van der Waals surface area contributed by atoms with Crippen molar-refractivity contribution in [2.75, 3.05) is 18.0 Å². The Kier molecular flexibility index (Phi) is 11.7. The van der Waals surface area contributed by atoms with E-state index in [9.17, 15) is 19.7 Å². The molecule has 1 aromatic carbocycles. The van der Waals surface area contributed by atoms with E-state index >= 15 is 4.39 Å². The molecule has 3 heterocycles. The molecule has 44 heavy (non-hydrogen) atoms. The largest absolute Gasteiger partial charge is 0.444 e.